The molecular weight excluding hydrogens is 236 g/mol. The van der Waals surface area contributed by atoms with E-state index in [0.29, 0.717) is 0 Å². The summed E-state index contributed by atoms with van der Waals surface area (Å²) in [5.74, 6) is 0.804. The molecule has 1 aliphatic heterocycles. The molecule has 0 aliphatic carbocycles. The predicted molar refractivity (Wildman–Crippen MR) is 80.6 cm³/mol. The molecule has 0 saturated carbocycles. The number of aryl methyl sites for hydroxylation is 1. The van der Waals surface area contributed by atoms with Gasteiger partial charge in [0.05, 0.1) is 11.8 Å². The van der Waals surface area contributed by atoms with E-state index in [4.69, 9.17) is 10.5 Å². The lowest BCUT2D eigenvalue weighted by Gasteiger charge is -2.15. The molecule has 1 fully saturated rings. The molecule has 3 nitrogen and oxygen atoms in total. The third-order valence-electron chi connectivity index (χ3n) is 3.58. The van der Waals surface area contributed by atoms with Gasteiger partial charge in [0.1, 0.15) is 5.75 Å². The molecular formula is C16H26N2O. The molecule has 0 bridgehead atoms. The third kappa shape index (κ3) is 4.43. The number of benzene rings is 1. The monoisotopic (exact) mass is 262 g/mol. The zero-order chi connectivity index (χ0) is 13.7. The van der Waals surface area contributed by atoms with E-state index < -0.39 is 0 Å². The fourth-order valence-electron chi connectivity index (χ4n) is 2.63. The maximum absolute atomic E-state index is 6.03. The van der Waals surface area contributed by atoms with Gasteiger partial charge < -0.3 is 15.4 Å². The summed E-state index contributed by atoms with van der Waals surface area (Å²) in [5, 5.41) is 0. The Morgan fingerprint density at radius 2 is 2.00 bits per heavy atom. The Morgan fingerprint density at radius 3 is 2.63 bits per heavy atom. The third-order valence-corrected chi connectivity index (χ3v) is 3.58. The van der Waals surface area contributed by atoms with Gasteiger partial charge in [0.25, 0.3) is 0 Å². The highest BCUT2D eigenvalue weighted by molar-refractivity contribution is 5.54. The second kappa shape index (κ2) is 6.80. The molecule has 0 aromatic heterocycles. The normalized spacial score (nSPS) is 16.2. The molecule has 0 atom stereocenters. The van der Waals surface area contributed by atoms with Gasteiger partial charge in [-0.15, -0.1) is 0 Å². The van der Waals surface area contributed by atoms with Gasteiger partial charge in [-0.1, -0.05) is 6.07 Å². The van der Waals surface area contributed by atoms with Crippen LogP contribution in [0.15, 0.2) is 18.2 Å². The van der Waals surface area contributed by atoms with Crippen LogP contribution in [-0.2, 0) is 6.42 Å². The van der Waals surface area contributed by atoms with Crippen molar-refractivity contribution in [1.82, 2.24) is 4.90 Å². The SMILES string of the molecule is CC(C)Oc1ccc(CCCN2CCCC2)cc1N. The first-order chi connectivity index (χ1) is 9.15. The molecule has 3 heteroatoms. The van der Waals surface area contributed by atoms with Crippen LogP contribution in [0.25, 0.3) is 0 Å². The molecule has 0 spiro atoms. The minimum absolute atomic E-state index is 0.170. The molecule has 0 radical (unpaired) electrons. The van der Waals surface area contributed by atoms with Crippen molar-refractivity contribution in [1.29, 1.82) is 0 Å². The van der Waals surface area contributed by atoms with E-state index in [0.717, 1.165) is 17.9 Å². The van der Waals surface area contributed by atoms with E-state index in [2.05, 4.69) is 17.0 Å². The van der Waals surface area contributed by atoms with Gasteiger partial charge in [0, 0.05) is 0 Å². The minimum Gasteiger partial charge on any atom is -0.489 e. The Hall–Kier alpha value is -1.22. The van der Waals surface area contributed by atoms with Crippen LogP contribution in [0.3, 0.4) is 0 Å². The maximum Gasteiger partial charge on any atom is 0.142 e. The highest BCUT2D eigenvalue weighted by atomic mass is 16.5. The molecule has 1 saturated heterocycles. The molecule has 1 aromatic carbocycles. The lowest BCUT2D eigenvalue weighted by atomic mass is 10.1. The molecule has 0 amide bonds. The number of hydrogen-bond donors (Lipinski definition) is 1. The average molecular weight is 262 g/mol. The van der Waals surface area contributed by atoms with Crippen molar-refractivity contribution in [2.75, 3.05) is 25.4 Å². The number of rotatable bonds is 6. The average Bonchev–Trinajstić information content (AvgIpc) is 2.85. The summed E-state index contributed by atoms with van der Waals surface area (Å²) in [4.78, 5) is 2.56. The second-order valence-corrected chi connectivity index (χ2v) is 5.69. The first-order valence-electron chi connectivity index (χ1n) is 7.42. The fraction of sp³-hybridized carbons (Fsp3) is 0.625. The van der Waals surface area contributed by atoms with E-state index in [9.17, 15) is 0 Å². The predicted octanol–water partition coefficient (Wildman–Crippen LogP) is 3.08. The molecule has 2 rings (SSSR count). The number of hydrogen-bond acceptors (Lipinski definition) is 3. The molecule has 1 aliphatic rings. The van der Waals surface area contributed by atoms with Crippen molar-refractivity contribution in [3.05, 3.63) is 23.8 Å². The standard InChI is InChI=1S/C16H26N2O/c1-13(2)19-16-8-7-14(12-15(16)17)6-5-11-18-9-3-4-10-18/h7-8,12-13H,3-6,9-11,17H2,1-2H3. The van der Waals surface area contributed by atoms with Gasteiger partial charge in [-0.2, -0.15) is 0 Å². The number of nitrogen functional groups attached to an aromatic ring is 1. The maximum atomic E-state index is 6.03. The number of ether oxygens (including phenoxy) is 1. The van der Waals surface area contributed by atoms with Gasteiger partial charge in [0.15, 0.2) is 0 Å². The van der Waals surface area contributed by atoms with Gasteiger partial charge >= 0.3 is 0 Å². The summed E-state index contributed by atoms with van der Waals surface area (Å²) in [6, 6.07) is 6.19. The van der Waals surface area contributed by atoms with Crippen LogP contribution < -0.4 is 10.5 Å². The summed E-state index contributed by atoms with van der Waals surface area (Å²) in [5.41, 5.74) is 8.10. The highest BCUT2D eigenvalue weighted by Crippen LogP contribution is 2.24. The molecule has 2 N–H and O–H groups in total. The quantitative estimate of drug-likeness (QED) is 0.801. The summed E-state index contributed by atoms with van der Waals surface area (Å²) in [6.45, 7) is 7.81. The molecule has 0 unspecified atom stereocenters. The lowest BCUT2D eigenvalue weighted by molar-refractivity contribution is 0.244. The number of nitrogens with two attached hydrogens (primary N) is 1. The van der Waals surface area contributed by atoms with Crippen molar-refractivity contribution < 1.29 is 4.74 Å². The Bertz CT molecular complexity index is 398. The van der Waals surface area contributed by atoms with Gasteiger partial charge in [-0.05, 0) is 76.9 Å². The minimum atomic E-state index is 0.170. The Balaban J connectivity index is 1.81. The summed E-state index contributed by atoms with van der Waals surface area (Å²) >= 11 is 0. The van der Waals surface area contributed by atoms with E-state index in [-0.39, 0.29) is 6.10 Å². The first kappa shape index (κ1) is 14.2. The van der Waals surface area contributed by atoms with E-state index in [1.165, 1.54) is 44.5 Å². The summed E-state index contributed by atoms with van der Waals surface area (Å²) in [7, 11) is 0. The summed E-state index contributed by atoms with van der Waals surface area (Å²) in [6.07, 6.45) is 5.22. The molecule has 1 heterocycles. The summed E-state index contributed by atoms with van der Waals surface area (Å²) < 4.78 is 5.65. The topological polar surface area (TPSA) is 38.5 Å². The van der Waals surface area contributed by atoms with Crippen LogP contribution in [-0.4, -0.2) is 30.6 Å². The van der Waals surface area contributed by atoms with Crippen molar-refractivity contribution in [3.63, 3.8) is 0 Å². The first-order valence-corrected chi connectivity index (χ1v) is 7.42. The molecule has 1 aromatic rings. The van der Waals surface area contributed by atoms with E-state index in [1.807, 2.05) is 19.9 Å². The highest BCUT2D eigenvalue weighted by Gasteiger charge is 2.10. The fourth-order valence-corrected chi connectivity index (χ4v) is 2.63. The molecule has 19 heavy (non-hydrogen) atoms. The van der Waals surface area contributed by atoms with Crippen LogP contribution in [0.5, 0.6) is 5.75 Å². The van der Waals surface area contributed by atoms with E-state index >= 15 is 0 Å². The van der Waals surface area contributed by atoms with Gasteiger partial charge in [-0.3, -0.25) is 0 Å². The van der Waals surface area contributed by atoms with Crippen LogP contribution in [0, 0.1) is 0 Å². The largest absolute Gasteiger partial charge is 0.489 e. The van der Waals surface area contributed by atoms with Crippen molar-refractivity contribution in [3.8, 4) is 5.75 Å². The van der Waals surface area contributed by atoms with Gasteiger partial charge in [0.2, 0.25) is 0 Å². The number of nitrogens with zero attached hydrogens (tertiary/aromatic N) is 1. The van der Waals surface area contributed by atoms with Crippen molar-refractivity contribution in [2.45, 2.75) is 45.6 Å². The van der Waals surface area contributed by atoms with Crippen LogP contribution >= 0.6 is 0 Å². The Labute approximate surface area is 116 Å². The zero-order valence-corrected chi connectivity index (χ0v) is 12.2. The molecule has 106 valence electrons. The van der Waals surface area contributed by atoms with Crippen LogP contribution in [0.1, 0.15) is 38.7 Å². The van der Waals surface area contributed by atoms with Crippen LogP contribution in [0.2, 0.25) is 0 Å². The van der Waals surface area contributed by atoms with Crippen LogP contribution in [0.4, 0.5) is 5.69 Å². The lowest BCUT2D eigenvalue weighted by Crippen LogP contribution is -2.20. The number of anilines is 1. The number of likely N-dealkylation sites (tertiary alicyclic amines) is 1. The Morgan fingerprint density at radius 1 is 1.26 bits per heavy atom. The smallest absolute Gasteiger partial charge is 0.142 e. The zero-order valence-electron chi connectivity index (χ0n) is 12.2. The van der Waals surface area contributed by atoms with E-state index in [1.54, 1.807) is 0 Å². The van der Waals surface area contributed by atoms with Gasteiger partial charge in [-0.25, -0.2) is 0 Å². The second-order valence-electron chi connectivity index (χ2n) is 5.69. The Kier molecular flexibility index (Phi) is 5.08. The van der Waals surface area contributed by atoms with Crippen molar-refractivity contribution >= 4 is 5.69 Å². The van der Waals surface area contributed by atoms with Crippen molar-refractivity contribution in [2.24, 2.45) is 0 Å².